The fourth-order valence-electron chi connectivity index (χ4n) is 1.96. The fourth-order valence-corrected chi connectivity index (χ4v) is 2.32. The second kappa shape index (κ2) is 4.45. The summed E-state index contributed by atoms with van der Waals surface area (Å²) in [6.07, 6.45) is 3.56. The van der Waals surface area contributed by atoms with Gasteiger partial charge in [0.15, 0.2) is 0 Å². The lowest BCUT2D eigenvalue weighted by atomic mass is 9.91. The van der Waals surface area contributed by atoms with Crippen LogP contribution in [0, 0.1) is 0 Å². The zero-order valence-corrected chi connectivity index (χ0v) is 10.7. The van der Waals surface area contributed by atoms with Crippen LogP contribution in [0.3, 0.4) is 0 Å². The van der Waals surface area contributed by atoms with E-state index in [9.17, 15) is 4.79 Å². The molecule has 0 saturated heterocycles. The number of nitrogens with zero attached hydrogens (tertiary/aromatic N) is 1. The lowest BCUT2D eigenvalue weighted by Gasteiger charge is -2.37. The molecule has 1 fully saturated rings. The summed E-state index contributed by atoms with van der Waals surface area (Å²) >= 11 is 3.30. The second-order valence-corrected chi connectivity index (χ2v) is 5.08. The smallest absolute Gasteiger partial charge is 0.337 e. The van der Waals surface area contributed by atoms with Gasteiger partial charge in [-0.2, -0.15) is 0 Å². The van der Waals surface area contributed by atoms with Crippen molar-refractivity contribution in [1.29, 1.82) is 0 Å². The van der Waals surface area contributed by atoms with Gasteiger partial charge in [0.2, 0.25) is 0 Å². The average molecular weight is 284 g/mol. The van der Waals surface area contributed by atoms with Crippen LogP contribution in [0.1, 0.15) is 29.6 Å². The van der Waals surface area contributed by atoms with E-state index in [0.29, 0.717) is 11.6 Å². The third kappa shape index (κ3) is 2.07. The Hall–Kier alpha value is -1.03. The molecular formula is C12H14BrNO2. The van der Waals surface area contributed by atoms with Crippen LogP contribution in [0.25, 0.3) is 0 Å². The number of aromatic carboxylic acids is 1. The first kappa shape index (κ1) is 11.5. The predicted octanol–water partition coefficient (Wildman–Crippen LogP) is 3.14. The van der Waals surface area contributed by atoms with Crippen LogP contribution >= 0.6 is 15.9 Å². The monoisotopic (exact) mass is 283 g/mol. The molecule has 1 aliphatic rings. The Morgan fingerprint density at radius 3 is 2.69 bits per heavy atom. The summed E-state index contributed by atoms with van der Waals surface area (Å²) in [6, 6.07) is 5.91. The molecule has 1 aromatic rings. The molecule has 16 heavy (non-hydrogen) atoms. The summed E-state index contributed by atoms with van der Waals surface area (Å²) in [6.45, 7) is 0. The molecule has 0 atom stereocenters. The molecule has 1 aromatic carbocycles. The summed E-state index contributed by atoms with van der Waals surface area (Å²) in [5, 5.41) is 9.16. The van der Waals surface area contributed by atoms with Crippen LogP contribution in [0.15, 0.2) is 22.7 Å². The van der Waals surface area contributed by atoms with E-state index in [1.54, 1.807) is 6.07 Å². The van der Waals surface area contributed by atoms with Crippen molar-refractivity contribution >= 4 is 27.6 Å². The van der Waals surface area contributed by atoms with E-state index in [1.165, 1.54) is 6.42 Å². The van der Waals surface area contributed by atoms with Crippen molar-refractivity contribution in [3.05, 3.63) is 28.2 Å². The molecule has 0 aromatic heterocycles. The van der Waals surface area contributed by atoms with Gasteiger partial charge >= 0.3 is 5.97 Å². The molecular weight excluding hydrogens is 270 g/mol. The topological polar surface area (TPSA) is 40.5 Å². The van der Waals surface area contributed by atoms with E-state index >= 15 is 0 Å². The van der Waals surface area contributed by atoms with E-state index in [1.807, 2.05) is 19.2 Å². The molecule has 0 spiro atoms. The highest BCUT2D eigenvalue weighted by Crippen LogP contribution is 2.31. The van der Waals surface area contributed by atoms with Crippen molar-refractivity contribution in [3.63, 3.8) is 0 Å². The van der Waals surface area contributed by atoms with E-state index in [0.717, 1.165) is 23.0 Å². The molecule has 86 valence electrons. The molecule has 0 aliphatic heterocycles. The second-order valence-electron chi connectivity index (χ2n) is 4.16. The van der Waals surface area contributed by atoms with Crippen LogP contribution in [-0.4, -0.2) is 24.2 Å². The molecule has 0 amide bonds. The van der Waals surface area contributed by atoms with Gasteiger partial charge in [-0.1, -0.05) is 15.9 Å². The minimum Gasteiger partial charge on any atom is -0.478 e. The fraction of sp³-hybridized carbons (Fsp3) is 0.417. The minimum atomic E-state index is -0.873. The standard InChI is InChI=1S/C12H14BrNO2/c1-14(9-3-2-4-9)11-6-5-8(13)7-10(11)12(15)16/h5-7,9H,2-4H2,1H3,(H,15,16). The van der Waals surface area contributed by atoms with Crippen molar-refractivity contribution in [2.45, 2.75) is 25.3 Å². The summed E-state index contributed by atoms with van der Waals surface area (Å²) in [4.78, 5) is 13.2. The summed E-state index contributed by atoms with van der Waals surface area (Å²) < 4.78 is 0.802. The Kier molecular flexibility index (Phi) is 3.19. The molecule has 1 saturated carbocycles. The van der Waals surface area contributed by atoms with Gasteiger partial charge in [0.25, 0.3) is 0 Å². The number of hydrogen-bond acceptors (Lipinski definition) is 2. The summed E-state index contributed by atoms with van der Waals surface area (Å²) in [5.41, 5.74) is 1.17. The first-order chi connectivity index (χ1) is 7.59. The van der Waals surface area contributed by atoms with Crippen molar-refractivity contribution in [2.24, 2.45) is 0 Å². The number of anilines is 1. The Bertz CT molecular complexity index is 415. The van der Waals surface area contributed by atoms with E-state index in [-0.39, 0.29) is 0 Å². The van der Waals surface area contributed by atoms with E-state index in [4.69, 9.17) is 5.11 Å². The first-order valence-electron chi connectivity index (χ1n) is 5.35. The minimum absolute atomic E-state index is 0.365. The van der Waals surface area contributed by atoms with Gasteiger partial charge in [-0.3, -0.25) is 0 Å². The van der Waals surface area contributed by atoms with Gasteiger partial charge in [0, 0.05) is 17.6 Å². The zero-order valence-electron chi connectivity index (χ0n) is 9.11. The van der Waals surface area contributed by atoms with Crippen molar-refractivity contribution in [3.8, 4) is 0 Å². The molecule has 3 nitrogen and oxygen atoms in total. The Morgan fingerprint density at radius 2 is 2.19 bits per heavy atom. The van der Waals surface area contributed by atoms with Gasteiger partial charge < -0.3 is 10.0 Å². The third-order valence-corrected chi connectivity index (χ3v) is 3.68. The van der Waals surface area contributed by atoms with Crippen LogP contribution in [0.2, 0.25) is 0 Å². The van der Waals surface area contributed by atoms with Gasteiger partial charge in [0.1, 0.15) is 0 Å². The molecule has 1 aliphatic carbocycles. The highest BCUT2D eigenvalue weighted by molar-refractivity contribution is 9.10. The Morgan fingerprint density at radius 1 is 1.50 bits per heavy atom. The Labute approximate surface area is 103 Å². The van der Waals surface area contributed by atoms with Gasteiger partial charge in [-0.05, 0) is 37.5 Å². The van der Waals surface area contributed by atoms with Crippen LogP contribution < -0.4 is 4.90 Å². The maximum Gasteiger partial charge on any atom is 0.337 e. The Balaban J connectivity index is 2.34. The number of carbonyl (C=O) groups is 1. The van der Waals surface area contributed by atoms with Crippen molar-refractivity contribution in [1.82, 2.24) is 0 Å². The quantitative estimate of drug-likeness (QED) is 0.927. The maximum atomic E-state index is 11.2. The lowest BCUT2D eigenvalue weighted by Crippen LogP contribution is -2.37. The molecule has 0 heterocycles. The number of carboxylic acids is 1. The molecule has 0 bridgehead atoms. The molecule has 1 N–H and O–H groups in total. The third-order valence-electron chi connectivity index (χ3n) is 3.19. The van der Waals surface area contributed by atoms with E-state index in [2.05, 4.69) is 20.8 Å². The van der Waals surface area contributed by atoms with Crippen LogP contribution in [0.4, 0.5) is 5.69 Å². The number of rotatable bonds is 3. The van der Waals surface area contributed by atoms with Gasteiger partial charge in [0.05, 0.1) is 11.3 Å². The number of hydrogen-bond donors (Lipinski definition) is 1. The van der Waals surface area contributed by atoms with Gasteiger partial charge in [-0.15, -0.1) is 0 Å². The zero-order chi connectivity index (χ0) is 11.7. The molecule has 0 radical (unpaired) electrons. The van der Waals surface area contributed by atoms with Crippen molar-refractivity contribution in [2.75, 3.05) is 11.9 Å². The summed E-state index contributed by atoms with van der Waals surface area (Å²) in [7, 11) is 1.97. The molecule has 4 heteroatoms. The first-order valence-corrected chi connectivity index (χ1v) is 6.14. The SMILES string of the molecule is CN(c1ccc(Br)cc1C(=O)O)C1CCC1. The predicted molar refractivity (Wildman–Crippen MR) is 67.1 cm³/mol. The maximum absolute atomic E-state index is 11.2. The number of benzene rings is 1. The molecule has 2 rings (SSSR count). The summed E-state index contributed by atoms with van der Waals surface area (Å²) in [5.74, 6) is -0.873. The average Bonchev–Trinajstić information content (AvgIpc) is 2.14. The normalized spacial score (nSPS) is 15.6. The van der Waals surface area contributed by atoms with Crippen molar-refractivity contribution < 1.29 is 9.90 Å². The van der Waals surface area contributed by atoms with Gasteiger partial charge in [-0.25, -0.2) is 4.79 Å². The number of carboxylic acid groups (broad SMARTS) is 1. The highest BCUT2D eigenvalue weighted by Gasteiger charge is 2.25. The highest BCUT2D eigenvalue weighted by atomic mass is 79.9. The molecule has 0 unspecified atom stereocenters. The van der Waals surface area contributed by atoms with Crippen LogP contribution in [-0.2, 0) is 0 Å². The largest absolute Gasteiger partial charge is 0.478 e. The van der Waals surface area contributed by atoms with Crippen LogP contribution in [0.5, 0.6) is 0 Å². The van der Waals surface area contributed by atoms with E-state index < -0.39 is 5.97 Å². The lowest BCUT2D eigenvalue weighted by molar-refractivity contribution is 0.0697. The number of halogens is 1.